The molecule has 0 bridgehead atoms. The molecule has 0 saturated heterocycles. The van der Waals surface area contributed by atoms with Crippen LogP contribution in [0.5, 0.6) is 0 Å². The lowest BCUT2D eigenvalue weighted by Crippen LogP contribution is -2.26. The molecule has 182 valence electrons. The molecule has 0 aliphatic heterocycles. The lowest BCUT2D eigenvalue weighted by molar-refractivity contribution is 0.434. The Balaban J connectivity index is 2.04. The summed E-state index contributed by atoms with van der Waals surface area (Å²) in [6.45, 7) is 10.5. The van der Waals surface area contributed by atoms with Crippen molar-refractivity contribution in [3.63, 3.8) is 0 Å². The fraction of sp³-hybridized carbons (Fsp3) is 0.571. The highest BCUT2D eigenvalue weighted by Gasteiger charge is 2.43. The molecule has 0 spiro atoms. The Kier molecular flexibility index (Phi) is 8.97. The summed E-state index contributed by atoms with van der Waals surface area (Å²) in [6, 6.07) is 13.6. The maximum absolute atomic E-state index is 13.2. The monoisotopic (exact) mass is 550 g/mol. The van der Waals surface area contributed by atoms with Crippen LogP contribution < -0.4 is 0 Å². The number of hydrogen-bond donors (Lipinski definition) is 0. The molecule has 2 aromatic rings. The third-order valence-electron chi connectivity index (χ3n) is 8.12. The first-order chi connectivity index (χ1) is 15.7. The Morgan fingerprint density at radius 3 is 1.67 bits per heavy atom. The van der Waals surface area contributed by atoms with Gasteiger partial charge in [-0.3, -0.25) is 0 Å². The van der Waals surface area contributed by atoms with Gasteiger partial charge in [0.2, 0.25) is 0 Å². The minimum Gasteiger partial charge on any atom is -0.324 e. The van der Waals surface area contributed by atoms with E-state index in [2.05, 4.69) is 86.9 Å². The topological polar surface area (TPSA) is 34.1 Å². The number of aryl methyl sites for hydroxylation is 1. The normalized spacial score (nSPS) is 14.8. The number of hydrogen-bond acceptors (Lipinski definition) is 2. The van der Waals surface area contributed by atoms with E-state index in [4.69, 9.17) is 0 Å². The molecule has 0 atom stereocenters. The average Bonchev–Trinajstić information content (AvgIpc) is 3.07. The van der Waals surface area contributed by atoms with Crippen LogP contribution in [0.3, 0.4) is 0 Å². The first kappa shape index (κ1) is 27.0. The molecule has 0 fully saturated rings. The number of rotatable bonds is 12. The highest BCUT2D eigenvalue weighted by molar-refractivity contribution is 9.10. The Morgan fingerprint density at radius 1 is 0.727 bits per heavy atom. The van der Waals surface area contributed by atoms with Gasteiger partial charge in [0.15, 0.2) is 0 Å². The van der Waals surface area contributed by atoms with Crippen molar-refractivity contribution >= 4 is 30.2 Å². The van der Waals surface area contributed by atoms with E-state index in [0.29, 0.717) is 0 Å². The van der Waals surface area contributed by atoms with E-state index in [1.807, 2.05) is 0 Å². The molecule has 0 amide bonds. The second-order valence-corrected chi connectivity index (χ2v) is 18.4. The molecule has 0 radical (unpaired) electrons. The smallest absolute Gasteiger partial charge is 0.0872 e. The summed E-state index contributed by atoms with van der Waals surface area (Å²) >= 11 is 3.73. The molecular weight excluding hydrogens is 510 g/mol. The van der Waals surface area contributed by atoms with Gasteiger partial charge in [-0.15, -0.1) is 0 Å². The van der Waals surface area contributed by atoms with E-state index >= 15 is 0 Å². The van der Waals surface area contributed by atoms with Gasteiger partial charge >= 0.3 is 0 Å². The van der Waals surface area contributed by atoms with Gasteiger partial charge < -0.3 is 9.13 Å². The van der Waals surface area contributed by atoms with Crippen LogP contribution in [0.2, 0.25) is 0 Å². The molecule has 0 heterocycles. The Hall–Kier alpha value is -0.620. The Morgan fingerprint density at radius 2 is 1.18 bits per heavy atom. The molecular formula is C28H41BrO2P2. The summed E-state index contributed by atoms with van der Waals surface area (Å²) in [4.78, 5) is 0. The van der Waals surface area contributed by atoms with E-state index < -0.39 is 14.3 Å². The van der Waals surface area contributed by atoms with Gasteiger partial charge in [-0.25, -0.2) is 0 Å². The number of benzene rings is 2. The lowest BCUT2D eigenvalue weighted by atomic mass is 9.71. The fourth-order valence-electron chi connectivity index (χ4n) is 5.66. The summed E-state index contributed by atoms with van der Waals surface area (Å²) in [7, 11) is -4.14. The maximum atomic E-state index is 13.2. The number of halogens is 1. The van der Waals surface area contributed by atoms with Crippen molar-refractivity contribution in [2.24, 2.45) is 0 Å². The van der Waals surface area contributed by atoms with Crippen LogP contribution in [0.25, 0.3) is 11.1 Å². The molecule has 2 nitrogen and oxygen atoms in total. The highest BCUT2D eigenvalue weighted by Crippen LogP contribution is 2.57. The molecule has 2 aromatic carbocycles. The zero-order valence-electron chi connectivity index (χ0n) is 21.1. The summed E-state index contributed by atoms with van der Waals surface area (Å²) in [5.74, 6) is 0. The van der Waals surface area contributed by atoms with Crippen LogP contribution in [0.1, 0.15) is 70.1 Å². The van der Waals surface area contributed by atoms with Gasteiger partial charge in [0.25, 0.3) is 0 Å². The fourth-order valence-corrected chi connectivity index (χ4v) is 9.65. The second-order valence-electron chi connectivity index (χ2n) is 9.86. The summed E-state index contributed by atoms with van der Waals surface area (Å²) in [5, 5.41) is 0. The van der Waals surface area contributed by atoms with Gasteiger partial charge in [-0.1, -0.05) is 73.5 Å². The number of fused-ring (bicyclic) bond motifs is 3. The van der Waals surface area contributed by atoms with Crippen molar-refractivity contribution in [3.8, 4) is 11.1 Å². The van der Waals surface area contributed by atoms with Gasteiger partial charge in [-0.05, 0) is 91.6 Å². The molecule has 33 heavy (non-hydrogen) atoms. The van der Waals surface area contributed by atoms with Crippen LogP contribution in [-0.4, -0.2) is 37.0 Å². The zero-order valence-corrected chi connectivity index (χ0v) is 24.5. The van der Waals surface area contributed by atoms with E-state index in [9.17, 15) is 9.13 Å². The lowest BCUT2D eigenvalue weighted by Gasteiger charge is -2.34. The third-order valence-corrected chi connectivity index (χ3v) is 15.5. The van der Waals surface area contributed by atoms with Crippen LogP contribution >= 0.6 is 30.2 Å². The average molecular weight is 551 g/mol. The molecule has 0 unspecified atom stereocenters. The van der Waals surface area contributed by atoms with Crippen molar-refractivity contribution in [1.82, 2.24) is 0 Å². The first-order valence-corrected chi connectivity index (χ1v) is 18.0. The summed E-state index contributed by atoms with van der Waals surface area (Å²) < 4.78 is 27.5. The predicted octanol–water partition coefficient (Wildman–Crippen LogP) is 9.39. The third kappa shape index (κ3) is 5.63. The van der Waals surface area contributed by atoms with E-state index in [0.717, 1.165) is 67.1 Å². The van der Waals surface area contributed by atoms with Crippen LogP contribution in [-0.2, 0) is 14.5 Å². The first-order valence-electron chi connectivity index (χ1n) is 12.7. The molecule has 5 heteroatoms. The van der Waals surface area contributed by atoms with Crippen molar-refractivity contribution in [2.75, 3.05) is 37.0 Å². The van der Waals surface area contributed by atoms with Crippen LogP contribution in [0, 0.1) is 6.92 Å². The second kappa shape index (κ2) is 11.0. The standard InChI is InChI=1S/C28H41BrO2P2/c1-6-32(30,7-2)18-10-16-28(17-11-19-33(31,8-3)9-4)26-20-22(5)12-14-24(26)25-15-13-23(29)21-27(25)28/h12-15,20-21H,6-11,16-19H2,1-5H3. The van der Waals surface area contributed by atoms with Gasteiger partial charge in [0.1, 0.15) is 0 Å². The van der Waals surface area contributed by atoms with Gasteiger partial charge in [-0.2, -0.15) is 0 Å². The van der Waals surface area contributed by atoms with Crippen LogP contribution in [0.15, 0.2) is 40.9 Å². The van der Waals surface area contributed by atoms with E-state index in [-0.39, 0.29) is 5.41 Å². The highest BCUT2D eigenvalue weighted by atomic mass is 79.9. The molecule has 0 saturated carbocycles. The quantitative estimate of drug-likeness (QED) is 0.246. The Bertz CT molecular complexity index is 974. The summed E-state index contributed by atoms with van der Waals surface area (Å²) in [6.07, 6.45) is 8.78. The van der Waals surface area contributed by atoms with Crippen molar-refractivity contribution in [1.29, 1.82) is 0 Å². The molecule has 0 N–H and O–H groups in total. The zero-order chi connectivity index (χ0) is 24.3. The van der Waals surface area contributed by atoms with Crippen molar-refractivity contribution < 1.29 is 9.13 Å². The molecule has 3 rings (SSSR count). The van der Waals surface area contributed by atoms with E-state index in [1.54, 1.807) is 0 Å². The minimum absolute atomic E-state index is 0.0981. The molecule has 0 aromatic heterocycles. The van der Waals surface area contributed by atoms with Crippen molar-refractivity contribution in [2.45, 2.75) is 65.7 Å². The minimum atomic E-state index is -2.07. The maximum Gasteiger partial charge on any atom is 0.0872 e. The van der Waals surface area contributed by atoms with Crippen molar-refractivity contribution in [3.05, 3.63) is 57.6 Å². The van der Waals surface area contributed by atoms with Gasteiger partial charge in [0, 0.05) is 22.2 Å². The van der Waals surface area contributed by atoms with Crippen LogP contribution in [0.4, 0.5) is 0 Å². The summed E-state index contributed by atoms with van der Waals surface area (Å²) in [5.41, 5.74) is 6.66. The molecule has 1 aliphatic carbocycles. The predicted molar refractivity (Wildman–Crippen MR) is 151 cm³/mol. The van der Waals surface area contributed by atoms with E-state index in [1.165, 1.54) is 27.8 Å². The SMILES string of the molecule is CCP(=O)(CC)CCCC1(CCCP(=O)(CC)CC)c2cc(C)ccc2-c2ccc(Br)cc21. The van der Waals surface area contributed by atoms with Gasteiger partial charge in [0.05, 0.1) is 14.3 Å². The molecule has 1 aliphatic rings. The Labute approximate surface area is 210 Å². The largest absolute Gasteiger partial charge is 0.324 e.